The second-order valence-electron chi connectivity index (χ2n) is 5.51. The Balaban J connectivity index is 1.96. The lowest BCUT2D eigenvalue weighted by Gasteiger charge is -2.15. The molecule has 0 amide bonds. The lowest BCUT2D eigenvalue weighted by atomic mass is 10.1. The lowest BCUT2D eigenvalue weighted by Crippen LogP contribution is -2.21. The summed E-state index contributed by atoms with van der Waals surface area (Å²) in [6, 6.07) is 13.6. The summed E-state index contributed by atoms with van der Waals surface area (Å²) in [4.78, 5) is 0. The number of halogens is 1. The Bertz CT molecular complexity index is 634. The largest absolute Gasteiger partial charge is 0.493 e. The number of hydrogen-bond donors (Lipinski definition) is 2. The van der Waals surface area contributed by atoms with Crippen molar-refractivity contribution in [3.8, 4) is 11.5 Å². The van der Waals surface area contributed by atoms with Gasteiger partial charge < -0.3 is 19.9 Å². The molecule has 2 aromatic rings. The molecular formula is C19H24BrNO3. The number of hydrogen-bond acceptors (Lipinski definition) is 4. The zero-order valence-corrected chi connectivity index (χ0v) is 15.7. The van der Waals surface area contributed by atoms with Crippen molar-refractivity contribution in [3.63, 3.8) is 0 Å². The van der Waals surface area contributed by atoms with Gasteiger partial charge in [0.15, 0.2) is 11.5 Å². The molecular weight excluding hydrogens is 370 g/mol. The van der Waals surface area contributed by atoms with Gasteiger partial charge in [-0.15, -0.1) is 0 Å². The molecule has 0 saturated carbocycles. The number of methoxy groups -OCH3 is 1. The molecule has 5 heteroatoms. The Morgan fingerprint density at radius 2 is 1.96 bits per heavy atom. The summed E-state index contributed by atoms with van der Waals surface area (Å²) in [6.07, 6.45) is 0.416. The zero-order chi connectivity index (χ0) is 17.4. The SMILES string of the molecule is CCCOc1c(Br)cc(CNC[C@H](O)c2ccccc2)cc1OC. The highest BCUT2D eigenvalue weighted by Gasteiger charge is 2.12. The van der Waals surface area contributed by atoms with Crippen LogP contribution < -0.4 is 14.8 Å². The first-order chi connectivity index (χ1) is 11.7. The second-order valence-corrected chi connectivity index (χ2v) is 6.37. The van der Waals surface area contributed by atoms with Gasteiger partial charge in [-0.1, -0.05) is 37.3 Å². The monoisotopic (exact) mass is 393 g/mol. The van der Waals surface area contributed by atoms with Crippen LogP contribution in [0.4, 0.5) is 0 Å². The molecule has 0 heterocycles. The van der Waals surface area contributed by atoms with E-state index in [0.29, 0.717) is 25.4 Å². The standard InChI is InChI=1S/C19H24BrNO3/c1-3-9-24-19-16(20)10-14(11-18(19)23-2)12-21-13-17(22)15-7-5-4-6-8-15/h4-8,10-11,17,21-22H,3,9,12-13H2,1-2H3/t17-/m0/s1. The summed E-state index contributed by atoms with van der Waals surface area (Å²) in [6.45, 7) is 3.83. The fourth-order valence-electron chi connectivity index (χ4n) is 2.37. The fraction of sp³-hybridized carbons (Fsp3) is 0.368. The molecule has 0 aliphatic carbocycles. The number of rotatable bonds is 9. The lowest BCUT2D eigenvalue weighted by molar-refractivity contribution is 0.174. The molecule has 0 saturated heterocycles. The van der Waals surface area contributed by atoms with E-state index in [9.17, 15) is 5.11 Å². The maximum Gasteiger partial charge on any atom is 0.175 e. The molecule has 0 unspecified atom stereocenters. The van der Waals surface area contributed by atoms with Crippen molar-refractivity contribution >= 4 is 15.9 Å². The van der Waals surface area contributed by atoms with E-state index in [-0.39, 0.29) is 0 Å². The van der Waals surface area contributed by atoms with Gasteiger partial charge in [-0.3, -0.25) is 0 Å². The summed E-state index contributed by atoms with van der Waals surface area (Å²) in [5.74, 6) is 1.44. The van der Waals surface area contributed by atoms with Crippen LogP contribution in [0.25, 0.3) is 0 Å². The molecule has 2 N–H and O–H groups in total. The summed E-state index contributed by atoms with van der Waals surface area (Å²) in [5, 5.41) is 13.5. The molecule has 24 heavy (non-hydrogen) atoms. The van der Waals surface area contributed by atoms with Gasteiger partial charge in [0.2, 0.25) is 0 Å². The number of benzene rings is 2. The van der Waals surface area contributed by atoms with Crippen LogP contribution in [0.2, 0.25) is 0 Å². The normalized spacial score (nSPS) is 12.0. The Kier molecular flexibility index (Phi) is 7.56. The highest BCUT2D eigenvalue weighted by atomic mass is 79.9. The molecule has 2 rings (SSSR count). The van der Waals surface area contributed by atoms with Crippen molar-refractivity contribution in [2.45, 2.75) is 26.0 Å². The van der Waals surface area contributed by atoms with Crippen molar-refractivity contribution in [2.75, 3.05) is 20.3 Å². The first-order valence-corrected chi connectivity index (χ1v) is 8.88. The van der Waals surface area contributed by atoms with Gasteiger partial charge in [-0.25, -0.2) is 0 Å². The van der Waals surface area contributed by atoms with Crippen molar-refractivity contribution in [1.29, 1.82) is 0 Å². The quantitative estimate of drug-likeness (QED) is 0.673. The molecule has 0 aromatic heterocycles. The molecule has 0 aliphatic heterocycles. The Morgan fingerprint density at radius 3 is 2.62 bits per heavy atom. The van der Waals surface area contributed by atoms with E-state index in [1.54, 1.807) is 7.11 Å². The van der Waals surface area contributed by atoms with Crippen LogP contribution in [0.3, 0.4) is 0 Å². The molecule has 4 nitrogen and oxygen atoms in total. The minimum Gasteiger partial charge on any atom is -0.493 e. The molecule has 0 bridgehead atoms. The van der Waals surface area contributed by atoms with Gasteiger partial charge in [-0.2, -0.15) is 0 Å². The van der Waals surface area contributed by atoms with E-state index in [1.165, 1.54) is 0 Å². The first kappa shape index (κ1) is 18.8. The van der Waals surface area contributed by atoms with E-state index < -0.39 is 6.10 Å². The zero-order valence-electron chi connectivity index (χ0n) is 14.1. The third-order valence-electron chi connectivity index (χ3n) is 3.59. The predicted octanol–water partition coefficient (Wildman–Crippen LogP) is 4.07. The Morgan fingerprint density at radius 1 is 1.21 bits per heavy atom. The van der Waals surface area contributed by atoms with Crippen LogP contribution >= 0.6 is 15.9 Å². The Labute approximate surface area is 151 Å². The average molecular weight is 394 g/mol. The maximum atomic E-state index is 10.2. The summed E-state index contributed by atoms with van der Waals surface area (Å²) in [5.41, 5.74) is 1.97. The van der Waals surface area contributed by atoms with Crippen LogP contribution in [0.5, 0.6) is 11.5 Å². The van der Waals surface area contributed by atoms with Crippen molar-refractivity contribution < 1.29 is 14.6 Å². The van der Waals surface area contributed by atoms with Crippen molar-refractivity contribution in [3.05, 3.63) is 58.1 Å². The van der Waals surface area contributed by atoms with Gasteiger partial charge in [-0.05, 0) is 45.6 Å². The number of aliphatic hydroxyl groups excluding tert-OH is 1. The van der Waals surface area contributed by atoms with E-state index in [4.69, 9.17) is 9.47 Å². The van der Waals surface area contributed by atoms with E-state index >= 15 is 0 Å². The van der Waals surface area contributed by atoms with Crippen LogP contribution in [-0.4, -0.2) is 25.4 Å². The van der Waals surface area contributed by atoms with E-state index in [1.807, 2.05) is 42.5 Å². The molecule has 1 atom stereocenters. The molecule has 0 radical (unpaired) electrons. The minimum absolute atomic E-state index is 0.484. The van der Waals surface area contributed by atoms with Crippen LogP contribution in [-0.2, 0) is 6.54 Å². The Hall–Kier alpha value is -1.56. The average Bonchev–Trinajstić information content (AvgIpc) is 2.61. The second kappa shape index (κ2) is 9.67. The predicted molar refractivity (Wildman–Crippen MR) is 99.6 cm³/mol. The van der Waals surface area contributed by atoms with E-state index in [0.717, 1.165) is 27.8 Å². The molecule has 130 valence electrons. The van der Waals surface area contributed by atoms with Gasteiger partial charge in [0.1, 0.15) is 0 Å². The summed E-state index contributed by atoms with van der Waals surface area (Å²) < 4.78 is 12.0. The molecule has 0 fully saturated rings. The minimum atomic E-state index is -0.524. The van der Waals surface area contributed by atoms with Crippen molar-refractivity contribution in [1.82, 2.24) is 5.32 Å². The molecule has 0 spiro atoms. The smallest absolute Gasteiger partial charge is 0.175 e. The van der Waals surface area contributed by atoms with Gasteiger partial charge in [0, 0.05) is 13.1 Å². The molecule has 2 aromatic carbocycles. The third kappa shape index (κ3) is 5.23. The highest BCUT2D eigenvalue weighted by Crippen LogP contribution is 2.36. The number of ether oxygens (including phenoxy) is 2. The maximum absolute atomic E-state index is 10.2. The van der Waals surface area contributed by atoms with Crippen LogP contribution in [0.1, 0.15) is 30.6 Å². The fourth-order valence-corrected chi connectivity index (χ4v) is 2.97. The van der Waals surface area contributed by atoms with Crippen molar-refractivity contribution in [2.24, 2.45) is 0 Å². The number of nitrogens with one attached hydrogen (secondary N) is 1. The van der Waals surface area contributed by atoms with Crippen LogP contribution in [0.15, 0.2) is 46.9 Å². The summed E-state index contributed by atoms with van der Waals surface area (Å²) in [7, 11) is 1.64. The summed E-state index contributed by atoms with van der Waals surface area (Å²) >= 11 is 3.54. The van der Waals surface area contributed by atoms with E-state index in [2.05, 4.69) is 28.2 Å². The molecule has 0 aliphatic rings. The van der Waals surface area contributed by atoms with Gasteiger partial charge in [0.05, 0.1) is 24.3 Å². The third-order valence-corrected chi connectivity index (χ3v) is 4.18. The highest BCUT2D eigenvalue weighted by molar-refractivity contribution is 9.10. The van der Waals surface area contributed by atoms with Crippen LogP contribution in [0, 0.1) is 0 Å². The number of aliphatic hydroxyl groups is 1. The van der Waals surface area contributed by atoms with Gasteiger partial charge in [0.25, 0.3) is 0 Å². The first-order valence-electron chi connectivity index (χ1n) is 8.08. The van der Waals surface area contributed by atoms with Gasteiger partial charge >= 0.3 is 0 Å². The topological polar surface area (TPSA) is 50.7 Å².